The molecule has 1 amide bonds. The third-order valence-electron chi connectivity index (χ3n) is 6.88. The van der Waals surface area contributed by atoms with E-state index < -0.39 is 28.0 Å². The number of hydrogen-bond donors (Lipinski definition) is 3. The van der Waals surface area contributed by atoms with Gasteiger partial charge in [-0.15, -0.1) is 0 Å². The summed E-state index contributed by atoms with van der Waals surface area (Å²) in [5.41, 5.74) is 0. The van der Waals surface area contributed by atoms with Crippen LogP contribution in [0.15, 0.2) is 24.3 Å². The molecule has 0 aromatic rings. The molecular formula is C31H59NO5S. The van der Waals surface area contributed by atoms with Crippen LogP contribution in [0.4, 0.5) is 0 Å². The first-order valence-corrected chi connectivity index (χ1v) is 17.1. The van der Waals surface area contributed by atoms with E-state index in [1.54, 1.807) is 6.08 Å². The predicted octanol–water partition coefficient (Wildman–Crippen LogP) is 8.06. The van der Waals surface area contributed by atoms with Crippen molar-refractivity contribution in [2.75, 3.05) is 5.75 Å². The zero-order valence-corrected chi connectivity index (χ0v) is 25.4. The fourth-order valence-corrected chi connectivity index (χ4v) is 5.26. The predicted molar refractivity (Wildman–Crippen MR) is 161 cm³/mol. The highest BCUT2D eigenvalue weighted by Crippen LogP contribution is 2.12. The van der Waals surface area contributed by atoms with Crippen molar-refractivity contribution in [1.82, 2.24) is 5.32 Å². The van der Waals surface area contributed by atoms with Crippen LogP contribution < -0.4 is 5.32 Å². The van der Waals surface area contributed by atoms with Gasteiger partial charge in [-0.2, -0.15) is 8.42 Å². The molecule has 38 heavy (non-hydrogen) atoms. The minimum Gasteiger partial charge on any atom is -0.387 e. The first-order chi connectivity index (χ1) is 18.3. The monoisotopic (exact) mass is 557 g/mol. The number of hydrogen-bond acceptors (Lipinski definition) is 4. The molecule has 0 radical (unpaired) electrons. The van der Waals surface area contributed by atoms with Gasteiger partial charge in [-0.3, -0.25) is 9.35 Å². The highest BCUT2D eigenvalue weighted by Gasteiger charge is 2.24. The van der Waals surface area contributed by atoms with Crippen molar-refractivity contribution in [3.63, 3.8) is 0 Å². The molecule has 0 saturated carbocycles. The summed E-state index contributed by atoms with van der Waals surface area (Å²) in [7, 11) is -4.33. The maximum Gasteiger partial charge on any atom is 0.267 e. The Balaban J connectivity index is 4.15. The third kappa shape index (κ3) is 26.4. The lowest BCUT2D eigenvalue weighted by molar-refractivity contribution is -0.122. The van der Waals surface area contributed by atoms with Crippen molar-refractivity contribution in [3.8, 4) is 0 Å². The molecule has 7 heteroatoms. The van der Waals surface area contributed by atoms with Crippen molar-refractivity contribution in [2.24, 2.45) is 0 Å². The van der Waals surface area contributed by atoms with Crippen LogP contribution in [-0.2, 0) is 14.9 Å². The molecule has 0 rings (SSSR count). The zero-order chi connectivity index (χ0) is 28.3. The topological polar surface area (TPSA) is 104 Å². The van der Waals surface area contributed by atoms with Gasteiger partial charge >= 0.3 is 0 Å². The lowest BCUT2D eigenvalue weighted by atomic mass is 10.1. The van der Waals surface area contributed by atoms with Gasteiger partial charge in [0.1, 0.15) is 0 Å². The first kappa shape index (κ1) is 36.8. The number of rotatable bonds is 27. The highest BCUT2D eigenvalue weighted by molar-refractivity contribution is 7.85. The molecule has 0 bridgehead atoms. The fraction of sp³-hybridized carbons (Fsp3) is 0.839. The van der Waals surface area contributed by atoms with E-state index in [9.17, 15) is 22.9 Å². The molecule has 2 atom stereocenters. The minimum absolute atomic E-state index is 0.290. The summed E-state index contributed by atoms with van der Waals surface area (Å²) >= 11 is 0. The maximum absolute atomic E-state index is 12.3. The number of amides is 1. The second kappa shape index (κ2) is 26.1. The molecule has 0 aliphatic rings. The molecular weight excluding hydrogens is 498 g/mol. The summed E-state index contributed by atoms with van der Waals surface area (Å²) in [6, 6.07) is -1.06. The molecule has 6 nitrogen and oxygen atoms in total. The number of carbonyl (C=O) groups excluding carboxylic acids is 1. The van der Waals surface area contributed by atoms with Crippen LogP contribution in [0.5, 0.6) is 0 Å². The van der Waals surface area contributed by atoms with Crippen LogP contribution in [0.3, 0.4) is 0 Å². The van der Waals surface area contributed by atoms with E-state index in [0.29, 0.717) is 0 Å². The van der Waals surface area contributed by atoms with Gasteiger partial charge in [-0.1, -0.05) is 134 Å². The molecule has 0 saturated heterocycles. The lowest BCUT2D eigenvalue weighted by Crippen LogP contribution is -2.46. The van der Waals surface area contributed by atoms with Crippen LogP contribution in [0.1, 0.15) is 149 Å². The van der Waals surface area contributed by atoms with Gasteiger partial charge in [-0.25, -0.2) is 0 Å². The van der Waals surface area contributed by atoms with Crippen LogP contribution >= 0.6 is 0 Å². The normalized spacial score (nSPS) is 13.9. The van der Waals surface area contributed by atoms with Crippen molar-refractivity contribution < 1.29 is 22.9 Å². The van der Waals surface area contributed by atoms with Gasteiger partial charge in [0.2, 0.25) is 5.91 Å². The highest BCUT2D eigenvalue weighted by atomic mass is 32.2. The molecule has 2 unspecified atom stereocenters. The van der Waals surface area contributed by atoms with Crippen LogP contribution in [-0.4, -0.2) is 41.9 Å². The van der Waals surface area contributed by atoms with Gasteiger partial charge in [0.25, 0.3) is 10.1 Å². The number of carbonyl (C=O) groups is 1. The van der Waals surface area contributed by atoms with Crippen molar-refractivity contribution in [3.05, 3.63) is 24.3 Å². The van der Waals surface area contributed by atoms with Gasteiger partial charge < -0.3 is 10.4 Å². The number of unbranched alkanes of at least 4 members (excludes halogenated alkanes) is 17. The molecule has 0 fully saturated rings. The Hall–Kier alpha value is -1.18. The third-order valence-corrected chi connectivity index (χ3v) is 7.66. The largest absolute Gasteiger partial charge is 0.387 e. The Bertz CT molecular complexity index is 705. The Morgan fingerprint density at radius 1 is 0.684 bits per heavy atom. The molecule has 0 heterocycles. The second-order valence-corrected chi connectivity index (χ2v) is 12.2. The Morgan fingerprint density at radius 3 is 1.66 bits per heavy atom. The van der Waals surface area contributed by atoms with E-state index in [4.69, 9.17) is 0 Å². The van der Waals surface area contributed by atoms with Crippen LogP contribution in [0.25, 0.3) is 0 Å². The molecule has 3 N–H and O–H groups in total. The van der Waals surface area contributed by atoms with Crippen molar-refractivity contribution in [1.29, 1.82) is 0 Å². The van der Waals surface area contributed by atoms with Crippen molar-refractivity contribution in [2.45, 2.75) is 161 Å². The number of aliphatic hydroxyl groups is 1. The Labute approximate surface area is 234 Å². The summed E-state index contributed by atoms with van der Waals surface area (Å²) in [6.07, 6.45) is 30.2. The summed E-state index contributed by atoms with van der Waals surface area (Å²) in [5.74, 6) is -1.00. The zero-order valence-electron chi connectivity index (χ0n) is 24.5. The molecule has 0 spiro atoms. The average Bonchev–Trinajstić information content (AvgIpc) is 2.86. The Morgan fingerprint density at radius 2 is 1.13 bits per heavy atom. The fourth-order valence-electron chi connectivity index (χ4n) is 4.52. The quantitative estimate of drug-likeness (QED) is 0.0538. The average molecular weight is 558 g/mol. The van der Waals surface area contributed by atoms with E-state index >= 15 is 0 Å². The standard InChI is InChI=1S/C31H59NO5S/c1-3-5-7-9-11-13-14-15-16-17-19-20-22-24-26-30(33)29(28-38(35,36)37)32-31(34)27-25-23-21-18-12-10-8-6-4-2/h17,19,24,26,29-30,33H,3-16,18,20-23,25,27-28H2,1-2H3,(H,32,34)(H,35,36,37)/b19-17+,26-24+. The van der Waals surface area contributed by atoms with Crippen molar-refractivity contribution >= 4 is 16.0 Å². The van der Waals surface area contributed by atoms with E-state index in [1.807, 2.05) is 0 Å². The molecule has 224 valence electrons. The second-order valence-electron chi connectivity index (χ2n) is 10.7. The summed E-state index contributed by atoms with van der Waals surface area (Å²) in [6.45, 7) is 4.45. The molecule has 0 aliphatic heterocycles. The first-order valence-electron chi connectivity index (χ1n) is 15.5. The number of aliphatic hydroxyl groups excluding tert-OH is 1. The van der Waals surface area contributed by atoms with Gasteiger partial charge in [-0.05, 0) is 32.1 Å². The van der Waals surface area contributed by atoms with Crippen LogP contribution in [0, 0.1) is 0 Å². The van der Waals surface area contributed by atoms with E-state index in [2.05, 4.69) is 31.3 Å². The van der Waals surface area contributed by atoms with Crippen LogP contribution in [0.2, 0.25) is 0 Å². The lowest BCUT2D eigenvalue weighted by Gasteiger charge is -2.21. The molecule has 0 aromatic heterocycles. The summed E-state index contributed by atoms with van der Waals surface area (Å²) < 4.78 is 32.1. The van der Waals surface area contributed by atoms with E-state index in [-0.39, 0.29) is 12.3 Å². The molecule has 0 aromatic carbocycles. The van der Waals surface area contributed by atoms with Gasteiger partial charge in [0.05, 0.1) is 17.9 Å². The van der Waals surface area contributed by atoms with E-state index in [0.717, 1.165) is 38.5 Å². The number of nitrogens with one attached hydrogen (secondary N) is 1. The SMILES string of the molecule is CCCCCCCCCC/C=C/CC/C=C/C(O)C(CS(=O)(=O)O)NC(=O)CCCCCCCCCCC. The summed E-state index contributed by atoms with van der Waals surface area (Å²) in [4.78, 5) is 12.3. The van der Waals surface area contributed by atoms with Gasteiger partial charge in [0.15, 0.2) is 0 Å². The minimum atomic E-state index is -4.33. The molecule has 0 aliphatic carbocycles. The maximum atomic E-state index is 12.3. The smallest absolute Gasteiger partial charge is 0.267 e. The number of allylic oxidation sites excluding steroid dienone is 3. The van der Waals surface area contributed by atoms with E-state index in [1.165, 1.54) is 96.0 Å². The Kier molecular flexibility index (Phi) is 25.3. The van der Waals surface area contributed by atoms with Gasteiger partial charge in [0, 0.05) is 6.42 Å². The summed E-state index contributed by atoms with van der Waals surface area (Å²) in [5, 5.41) is 13.1.